The molecule has 20 heavy (non-hydrogen) atoms. The topological polar surface area (TPSA) is 20.3 Å². The van der Waals surface area contributed by atoms with Crippen LogP contribution in [0.5, 0.6) is 0 Å². The van der Waals surface area contributed by atoms with Crippen molar-refractivity contribution in [3.8, 4) is 0 Å². The molecule has 0 aliphatic rings. The van der Waals surface area contributed by atoms with E-state index in [9.17, 15) is 4.79 Å². The number of likely N-dealkylation sites (N-methyl/N-ethyl adjacent to an activating group) is 1. The fourth-order valence-corrected chi connectivity index (χ4v) is 2.74. The van der Waals surface area contributed by atoms with Crippen LogP contribution >= 0.6 is 22.6 Å². The lowest BCUT2D eigenvalue weighted by Gasteiger charge is -2.20. The summed E-state index contributed by atoms with van der Waals surface area (Å²) in [7, 11) is 1.79. The molecule has 2 aromatic carbocycles. The quantitative estimate of drug-likeness (QED) is 0.582. The summed E-state index contributed by atoms with van der Waals surface area (Å²) in [4.78, 5) is 14.1. The van der Waals surface area contributed by atoms with E-state index in [1.165, 1.54) is 0 Å². The Morgan fingerprint density at radius 2 is 1.70 bits per heavy atom. The van der Waals surface area contributed by atoms with Gasteiger partial charge in [0, 0.05) is 22.6 Å². The maximum atomic E-state index is 12.4. The predicted molar refractivity (Wildman–Crippen MR) is 91.9 cm³/mol. The third-order valence-electron chi connectivity index (χ3n) is 3.08. The van der Waals surface area contributed by atoms with E-state index in [0.29, 0.717) is 12.0 Å². The number of carbonyl (C=O) groups excluding carboxylic acids is 1. The number of benzene rings is 2. The average Bonchev–Trinajstić information content (AvgIpc) is 2.47. The van der Waals surface area contributed by atoms with Gasteiger partial charge in [0.15, 0.2) is 0 Å². The molecule has 2 aromatic rings. The van der Waals surface area contributed by atoms with Crippen LogP contribution in [0.3, 0.4) is 0 Å². The van der Waals surface area contributed by atoms with Crippen LogP contribution in [-0.2, 0) is 11.2 Å². The molecule has 0 unspecified atom stereocenters. The van der Waals surface area contributed by atoms with Gasteiger partial charge in [-0.25, -0.2) is 0 Å². The van der Waals surface area contributed by atoms with Gasteiger partial charge in [-0.05, 0) is 40.3 Å². The fraction of sp³-hybridized carbons (Fsp3) is 0.118. The number of nitrogens with zero attached hydrogens (tertiary/aromatic N) is 1. The van der Waals surface area contributed by atoms with Gasteiger partial charge in [-0.2, -0.15) is 0 Å². The summed E-state index contributed by atoms with van der Waals surface area (Å²) in [5.41, 5.74) is 2.60. The van der Waals surface area contributed by atoms with Gasteiger partial charge in [0.2, 0.25) is 0 Å². The highest BCUT2D eigenvalue weighted by atomic mass is 127. The van der Waals surface area contributed by atoms with Crippen molar-refractivity contribution in [1.82, 2.24) is 0 Å². The Hall–Kier alpha value is -1.62. The van der Waals surface area contributed by atoms with Crippen molar-refractivity contribution in [2.45, 2.75) is 6.42 Å². The van der Waals surface area contributed by atoms with Gasteiger partial charge in [0.25, 0.3) is 5.91 Å². The van der Waals surface area contributed by atoms with E-state index >= 15 is 0 Å². The Morgan fingerprint density at radius 3 is 2.35 bits per heavy atom. The SMILES string of the molecule is C=C(Cc1ccccc1)C(=O)N(C)c1ccccc1I. The van der Waals surface area contributed by atoms with Crippen LogP contribution in [0.1, 0.15) is 5.56 Å². The van der Waals surface area contributed by atoms with Crippen molar-refractivity contribution in [2.75, 3.05) is 11.9 Å². The second-order valence-electron chi connectivity index (χ2n) is 4.58. The zero-order valence-corrected chi connectivity index (χ0v) is 13.5. The first-order chi connectivity index (χ1) is 9.59. The van der Waals surface area contributed by atoms with Gasteiger partial charge in [-0.1, -0.05) is 49.0 Å². The van der Waals surface area contributed by atoms with E-state index in [1.54, 1.807) is 11.9 Å². The summed E-state index contributed by atoms with van der Waals surface area (Å²) in [6.07, 6.45) is 0.577. The van der Waals surface area contributed by atoms with Crippen LogP contribution in [0, 0.1) is 3.57 Å². The van der Waals surface area contributed by atoms with Crippen molar-refractivity contribution in [3.63, 3.8) is 0 Å². The summed E-state index contributed by atoms with van der Waals surface area (Å²) < 4.78 is 1.05. The highest BCUT2D eigenvalue weighted by Crippen LogP contribution is 2.22. The normalized spacial score (nSPS) is 10.1. The standard InChI is InChI=1S/C17H16INO/c1-13(12-14-8-4-3-5-9-14)17(20)19(2)16-11-7-6-10-15(16)18/h3-11H,1,12H2,2H3. The molecule has 0 bridgehead atoms. The molecule has 0 fully saturated rings. The van der Waals surface area contributed by atoms with Gasteiger partial charge in [0.05, 0.1) is 5.69 Å². The van der Waals surface area contributed by atoms with E-state index in [1.807, 2.05) is 54.6 Å². The first-order valence-electron chi connectivity index (χ1n) is 6.34. The molecule has 0 heterocycles. The second-order valence-corrected chi connectivity index (χ2v) is 5.74. The molecule has 3 heteroatoms. The van der Waals surface area contributed by atoms with Gasteiger partial charge in [-0.15, -0.1) is 0 Å². The Balaban J connectivity index is 2.11. The van der Waals surface area contributed by atoms with Crippen molar-refractivity contribution in [3.05, 3.63) is 75.9 Å². The summed E-state index contributed by atoms with van der Waals surface area (Å²) in [5.74, 6) is -0.0435. The molecule has 0 aromatic heterocycles. The lowest BCUT2D eigenvalue weighted by Crippen LogP contribution is -2.28. The van der Waals surface area contributed by atoms with Crippen LogP contribution in [0.15, 0.2) is 66.7 Å². The second kappa shape index (κ2) is 6.70. The van der Waals surface area contributed by atoms with Gasteiger partial charge < -0.3 is 4.90 Å². The van der Waals surface area contributed by atoms with Crippen LogP contribution in [0.2, 0.25) is 0 Å². The minimum absolute atomic E-state index is 0.0435. The number of hydrogen-bond donors (Lipinski definition) is 0. The molecule has 2 rings (SSSR count). The number of amides is 1. The Morgan fingerprint density at radius 1 is 1.10 bits per heavy atom. The third-order valence-corrected chi connectivity index (χ3v) is 3.99. The molecule has 0 aliphatic carbocycles. The first kappa shape index (κ1) is 14.8. The largest absolute Gasteiger partial charge is 0.311 e. The first-order valence-corrected chi connectivity index (χ1v) is 7.41. The van der Waals surface area contributed by atoms with Crippen LogP contribution in [-0.4, -0.2) is 13.0 Å². The lowest BCUT2D eigenvalue weighted by molar-refractivity contribution is -0.114. The Bertz CT molecular complexity index is 622. The molecular formula is C17H16INO. The van der Waals surface area contributed by atoms with Crippen LogP contribution < -0.4 is 4.90 Å². The number of carbonyl (C=O) groups is 1. The van der Waals surface area contributed by atoms with Crippen LogP contribution in [0.4, 0.5) is 5.69 Å². The molecule has 1 amide bonds. The monoisotopic (exact) mass is 377 g/mol. The van der Waals surface area contributed by atoms with Gasteiger partial charge in [-0.3, -0.25) is 4.79 Å². The molecule has 0 radical (unpaired) electrons. The molecule has 0 saturated heterocycles. The Kier molecular flexibility index (Phi) is 4.95. The van der Waals surface area contributed by atoms with E-state index in [-0.39, 0.29) is 5.91 Å². The maximum absolute atomic E-state index is 12.4. The molecular weight excluding hydrogens is 361 g/mol. The molecule has 0 spiro atoms. The van der Waals surface area contributed by atoms with Crippen molar-refractivity contribution < 1.29 is 4.79 Å². The maximum Gasteiger partial charge on any atom is 0.253 e. The summed E-state index contributed by atoms with van der Waals surface area (Å²) in [6, 6.07) is 17.7. The zero-order valence-electron chi connectivity index (χ0n) is 11.3. The highest BCUT2D eigenvalue weighted by Gasteiger charge is 2.16. The number of anilines is 1. The molecule has 0 atom stereocenters. The van der Waals surface area contributed by atoms with Crippen LogP contribution in [0.25, 0.3) is 0 Å². The van der Waals surface area contributed by atoms with E-state index < -0.39 is 0 Å². The third kappa shape index (κ3) is 3.48. The number of para-hydroxylation sites is 1. The summed E-state index contributed by atoms with van der Waals surface area (Å²) in [6.45, 7) is 3.93. The number of halogens is 1. The van der Waals surface area contributed by atoms with Gasteiger partial charge >= 0.3 is 0 Å². The molecule has 0 saturated carbocycles. The summed E-state index contributed by atoms with van der Waals surface area (Å²) in [5, 5.41) is 0. The average molecular weight is 377 g/mol. The Labute approximate surface area is 133 Å². The molecule has 2 nitrogen and oxygen atoms in total. The number of hydrogen-bond acceptors (Lipinski definition) is 1. The zero-order chi connectivity index (χ0) is 14.5. The minimum Gasteiger partial charge on any atom is -0.311 e. The fourth-order valence-electron chi connectivity index (χ4n) is 1.99. The van der Waals surface area contributed by atoms with E-state index in [2.05, 4.69) is 29.2 Å². The molecule has 0 aliphatic heterocycles. The smallest absolute Gasteiger partial charge is 0.253 e. The van der Waals surface area contributed by atoms with Gasteiger partial charge in [0.1, 0.15) is 0 Å². The van der Waals surface area contributed by atoms with Crippen molar-refractivity contribution in [2.24, 2.45) is 0 Å². The lowest BCUT2D eigenvalue weighted by atomic mass is 10.1. The van der Waals surface area contributed by atoms with Crippen molar-refractivity contribution >= 4 is 34.2 Å². The minimum atomic E-state index is -0.0435. The van der Waals surface area contributed by atoms with Crippen molar-refractivity contribution in [1.29, 1.82) is 0 Å². The van der Waals surface area contributed by atoms with E-state index in [0.717, 1.165) is 14.8 Å². The number of rotatable bonds is 4. The predicted octanol–water partition coefficient (Wildman–Crippen LogP) is 4.05. The van der Waals surface area contributed by atoms with E-state index in [4.69, 9.17) is 0 Å². The molecule has 0 N–H and O–H groups in total. The highest BCUT2D eigenvalue weighted by molar-refractivity contribution is 14.1. The molecule has 102 valence electrons. The summed E-state index contributed by atoms with van der Waals surface area (Å²) >= 11 is 2.23.